The van der Waals surface area contributed by atoms with Crippen molar-refractivity contribution in [2.45, 2.75) is 19.4 Å². The van der Waals surface area contributed by atoms with Crippen molar-refractivity contribution in [2.75, 3.05) is 13.1 Å². The maximum atomic E-state index is 6.05. The van der Waals surface area contributed by atoms with Crippen molar-refractivity contribution in [1.29, 1.82) is 0 Å². The minimum Gasteiger partial charge on any atom is -0.356 e. The minimum atomic E-state index is 0.442. The van der Waals surface area contributed by atoms with Crippen molar-refractivity contribution < 1.29 is 0 Å². The van der Waals surface area contributed by atoms with E-state index in [1.165, 1.54) is 16.5 Å². The molecule has 2 heterocycles. The highest BCUT2D eigenvalue weighted by Crippen LogP contribution is 2.24. The smallest absolute Gasteiger partial charge is 0.191 e. The lowest BCUT2D eigenvalue weighted by atomic mass is 10.1. The summed E-state index contributed by atoms with van der Waals surface area (Å²) in [5.74, 6) is 0.917. The molecule has 3 rings (SSSR count). The van der Waals surface area contributed by atoms with Gasteiger partial charge in [0.2, 0.25) is 0 Å². The summed E-state index contributed by atoms with van der Waals surface area (Å²) in [5, 5.41) is 8.71. The predicted octanol–water partition coefficient (Wildman–Crippen LogP) is 2.31. The quantitative estimate of drug-likeness (QED) is 0.911. The Kier molecular flexibility index (Phi) is 3.57. The van der Waals surface area contributed by atoms with Gasteiger partial charge in [-0.05, 0) is 31.0 Å². The second kappa shape index (κ2) is 5.37. The Morgan fingerprint density at radius 2 is 2.35 bits per heavy atom. The maximum Gasteiger partial charge on any atom is 0.191 e. The molecule has 20 heavy (non-hydrogen) atoms. The molecule has 0 amide bonds. The van der Waals surface area contributed by atoms with Gasteiger partial charge in [0.25, 0.3) is 0 Å². The van der Waals surface area contributed by atoms with Gasteiger partial charge in [0, 0.05) is 41.8 Å². The molecule has 1 aromatic heterocycles. The van der Waals surface area contributed by atoms with E-state index in [4.69, 9.17) is 11.6 Å². The van der Waals surface area contributed by atoms with E-state index in [0.717, 1.165) is 30.5 Å². The number of aromatic nitrogens is 1. The van der Waals surface area contributed by atoms with Crippen molar-refractivity contribution in [1.82, 2.24) is 15.2 Å². The molecule has 1 aromatic carbocycles. The molecule has 0 radical (unpaired) electrons. The fourth-order valence-corrected chi connectivity index (χ4v) is 2.78. The topological polar surface area (TPSA) is 41.4 Å². The molecule has 1 atom stereocenters. The highest BCUT2D eigenvalue weighted by Gasteiger charge is 2.12. The van der Waals surface area contributed by atoms with E-state index in [2.05, 4.69) is 46.4 Å². The average Bonchev–Trinajstić information content (AvgIpc) is 2.95. The molecule has 2 N–H and O–H groups in total. The number of nitrogens with zero attached hydrogens (tertiary/aromatic N) is 2. The zero-order valence-electron chi connectivity index (χ0n) is 11.8. The van der Waals surface area contributed by atoms with Crippen LogP contribution in [0.1, 0.15) is 12.5 Å². The first-order valence-corrected chi connectivity index (χ1v) is 7.29. The Morgan fingerprint density at radius 1 is 1.50 bits per heavy atom. The summed E-state index contributed by atoms with van der Waals surface area (Å²) in [7, 11) is 2.06. The number of benzene rings is 1. The van der Waals surface area contributed by atoms with E-state index in [1.807, 2.05) is 12.1 Å². The number of aryl methyl sites for hydroxylation is 1. The maximum absolute atomic E-state index is 6.05. The molecule has 0 fully saturated rings. The fourth-order valence-electron chi connectivity index (χ4n) is 2.62. The van der Waals surface area contributed by atoms with Gasteiger partial charge in [0.1, 0.15) is 0 Å². The van der Waals surface area contributed by atoms with Gasteiger partial charge in [-0.3, -0.25) is 4.99 Å². The third kappa shape index (κ3) is 2.61. The molecule has 106 valence electrons. The third-order valence-electron chi connectivity index (χ3n) is 3.63. The summed E-state index contributed by atoms with van der Waals surface area (Å²) >= 11 is 6.05. The van der Waals surface area contributed by atoms with Crippen LogP contribution in [-0.4, -0.2) is 29.7 Å². The Labute approximate surface area is 123 Å². The van der Waals surface area contributed by atoms with Crippen molar-refractivity contribution in [3.8, 4) is 0 Å². The molecule has 0 saturated heterocycles. The summed E-state index contributed by atoms with van der Waals surface area (Å²) in [4.78, 5) is 4.40. The van der Waals surface area contributed by atoms with Crippen LogP contribution in [0.2, 0.25) is 5.02 Å². The summed E-state index contributed by atoms with van der Waals surface area (Å²) < 4.78 is 2.13. The molecule has 1 aliphatic heterocycles. The molecule has 4 nitrogen and oxygen atoms in total. The Balaban J connectivity index is 1.69. The van der Waals surface area contributed by atoms with E-state index in [9.17, 15) is 0 Å². The zero-order chi connectivity index (χ0) is 14.1. The molecule has 1 aliphatic rings. The number of guanidine groups is 1. The molecule has 0 aliphatic carbocycles. The van der Waals surface area contributed by atoms with E-state index >= 15 is 0 Å². The van der Waals surface area contributed by atoms with Gasteiger partial charge in [-0.2, -0.15) is 0 Å². The molecular weight excluding hydrogens is 272 g/mol. The van der Waals surface area contributed by atoms with E-state index in [-0.39, 0.29) is 0 Å². The van der Waals surface area contributed by atoms with Crippen LogP contribution < -0.4 is 10.6 Å². The lowest BCUT2D eigenvalue weighted by molar-refractivity contribution is 0.712. The minimum absolute atomic E-state index is 0.442. The number of hydrogen-bond donors (Lipinski definition) is 2. The second-order valence-corrected chi connectivity index (χ2v) is 5.77. The summed E-state index contributed by atoms with van der Waals surface area (Å²) in [6.45, 7) is 3.86. The number of nitrogens with one attached hydrogen (secondary N) is 2. The van der Waals surface area contributed by atoms with Crippen LogP contribution in [0.4, 0.5) is 0 Å². The van der Waals surface area contributed by atoms with Gasteiger partial charge < -0.3 is 15.2 Å². The Morgan fingerprint density at radius 3 is 3.10 bits per heavy atom. The van der Waals surface area contributed by atoms with Crippen LogP contribution in [-0.2, 0) is 13.5 Å². The monoisotopic (exact) mass is 290 g/mol. The molecule has 5 heteroatoms. The van der Waals surface area contributed by atoms with Crippen LogP contribution >= 0.6 is 11.6 Å². The van der Waals surface area contributed by atoms with Crippen LogP contribution in [0.5, 0.6) is 0 Å². The van der Waals surface area contributed by atoms with Gasteiger partial charge >= 0.3 is 0 Å². The number of aliphatic imine (C=N–C) groups is 1. The third-order valence-corrected chi connectivity index (χ3v) is 3.86. The Bertz CT molecular complexity index is 659. The summed E-state index contributed by atoms with van der Waals surface area (Å²) in [6.07, 6.45) is 3.14. The largest absolute Gasteiger partial charge is 0.356 e. The lowest BCUT2D eigenvalue weighted by Gasteiger charge is -2.08. The van der Waals surface area contributed by atoms with Gasteiger partial charge in [0.05, 0.1) is 6.54 Å². The van der Waals surface area contributed by atoms with Gasteiger partial charge in [-0.15, -0.1) is 0 Å². The lowest BCUT2D eigenvalue weighted by Crippen LogP contribution is -2.38. The predicted molar refractivity (Wildman–Crippen MR) is 84.5 cm³/mol. The van der Waals surface area contributed by atoms with E-state index in [1.54, 1.807) is 0 Å². The average molecular weight is 291 g/mol. The van der Waals surface area contributed by atoms with Crippen molar-refractivity contribution in [2.24, 2.45) is 12.0 Å². The molecule has 1 unspecified atom stereocenters. The van der Waals surface area contributed by atoms with Crippen LogP contribution in [0.3, 0.4) is 0 Å². The second-order valence-electron chi connectivity index (χ2n) is 5.34. The number of hydrogen-bond acceptors (Lipinski definition) is 3. The number of halogens is 1. The van der Waals surface area contributed by atoms with Crippen molar-refractivity contribution in [3.63, 3.8) is 0 Å². The normalized spacial score (nSPS) is 18.1. The fraction of sp³-hybridized carbons (Fsp3) is 0.400. The summed E-state index contributed by atoms with van der Waals surface area (Å²) in [6, 6.07) is 6.50. The molecular formula is C15H19ClN4. The van der Waals surface area contributed by atoms with Crippen LogP contribution in [0, 0.1) is 0 Å². The zero-order valence-corrected chi connectivity index (χ0v) is 12.5. The molecule has 0 bridgehead atoms. The summed E-state index contributed by atoms with van der Waals surface area (Å²) in [5.41, 5.74) is 2.51. The van der Waals surface area contributed by atoms with E-state index < -0.39 is 0 Å². The first kappa shape index (κ1) is 13.3. The van der Waals surface area contributed by atoms with Gasteiger partial charge in [-0.25, -0.2) is 0 Å². The van der Waals surface area contributed by atoms with Gasteiger partial charge in [-0.1, -0.05) is 17.7 Å². The molecule has 0 spiro atoms. The Hall–Kier alpha value is -1.68. The molecule has 0 saturated carbocycles. The first-order chi connectivity index (χ1) is 9.63. The van der Waals surface area contributed by atoms with Crippen molar-refractivity contribution in [3.05, 3.63) is 35.0 Å². The van der Waals surface area contributed by atoms with Crippen LogP contribution in [0.15, 0.2) is 29.4 Å². The van der Waals surface area contributed by atoms with Crippen LogP contribution in [0.25, 0.3) is 10.9 Å². The first-order valence-electron chi connectivity index (χ1n) is 6.92. The van der Waals surface area contributed by atoms with E-state index in [0.29, 0.717) is 6.04 Å². The standard InChI is InChI=1S/C15H19ClN4/c1-10-8-18-15(19-10)17-6-5-11-9-20(2)14-7-12(16)3-4-13(11)14/h3-4,7,9-10H,5-6,8H2,1-2H3,(H2,17,18,19). The van der Waals surface area contributed by atoms with Crippen molar-refractivity contribution >= 4 is 28.5 Å². The number of fused-ring (bicyclic) bond motifs is 1. The number of rotatable bonds is 3. The molecule has 2 aromatic rings. The van der Waals surface area contributed by atoms with Gasteiger partial charge in [0.15, 0.2) is 5.96 Å². The highest BCUT2D eigenvalue weighted by atomic mass is 35.5. The highest BCUT2D eigenvalue weighted by molar-refractivity contribution is 6.31. The SMILES string of the molecule is CC1CN=C(NCCc2cn(C)c3cc(Cl)ccc23)N1.